The first-order valence-corrected chi connectivity index (χ1v) is 9.46. The monoisotopic (exact) mass is 422 g/mol. The van der Waals surface area contributed by atoms with E-state index in [1.54, 1.807) is 0 Å². The molecular weight excluding hydrogens is 401 g/mol. The minimum Gasteiger partial charge on any atom is -0.399 e. The second-order valence-corrected chi connectivity index (χ2v) is 7.19. The van der Waals surface area contributed by atoms with Gasteiger partial charge in [-0.05, 0) is 48.6 Å². The van der Waals surface area contributed by atoms with Crippen molar-refractivity contribution in [3.63, 3.8) is 0 Å². The second-order valence-electron chi connectivity index (χ2n) is 7.19. The lowest BCUT2D eigenvalue weighted by atomic mass is 9.81. The zero-order valence-corrected chi connectivity index (χ0v) is 16.0. The van der Waals surface area contributed by atoms with Crippen LogP contribution >= 0.6 is 0 Å². The molecule has 0 atom stereocenters. The Bertz CT molecular complexity index is 954. The number of carbonyl (C=O) groups is 2. The summed E-state index contributed by atoms with van der Waals surface area (Å²) in [6.07, 6.45) is -0.0733. The van der Waals surface area contributed by atoms with Crippen molar-refractivity contribution in [3.05, 3.63) is 58.7 Å². The first-order valence-electron chi connectivity index (χ1n) is 9.46. The molecule has 160 valence electrons. The Balaban J connectivity index is 1.81. The molecule has 1 aliphatic rings. The minimum absolute atomic E-state index is 0.0172. The first kappa shape index (κ1) is 21.5. The average Bonchev–Trinajstić information content (AvgIpc) is 2.71. The van der Waals surface area contributed by atoms with Crippen molar-refractivity contribution >= 4 is 23.3 Å². The molecule has 9 heteroatoms. The Morgan fingerprint density at radius 3 is 2.13 bits per heavy atom. The van der Waals surface area contributed by atoms with E-state index in [0.717, 1.165) is 50.3 Å². The number of nitrogens with two attached hydrogens (primary N) is 2. The summed E-state index contributed by atoms with van der Waals surface area (Å²) in [4.78, 5) is 33.7. The summed E-state index contributed by atoms with van der Waals surface area (Å²) in [6, 6.07) is 6.95. The van der Waals surface area contributed by atoms with Gasteiger partial charge >= 0.3 is 18.1 Å². The van der Waals surface area contributed by atoms with Gasteiger partial charge in [-0.1, -0.05) is 31.4 Å². The van der Waals surface area contributed by atoms with Gasteiger partial charge in [0.1, 0.15) is 0 Å². The molecule has 2 aromatic carbocycles. The van der Waals surface area contributed by atoms with E-state index in [-0.39, 0.29) is 17.2 Å². The van der Waals surface area contributed by atoms with Gasteiger partial charge in [0, 0.05) is 11.4 Å². The number of halogens is 3. The molecule has 0 saturated heterocycles. The standard InChI is InChI=1S/C21H21F3N2O4/c22-21(23,24)16-9-5-4-8-14(16)19(27)29-30-20(28)15-10-13(25)11-17(26)18(15)12-6-2-1-3-7-12/h4-5,8-12H,1-3,6-7,25-26H2. The summed E-state index contributed by atoms with van der Waals surface area (Å²) >= 11 is 0. The Labute approximate surface area is 170 Å². The van der Waals surface area contributed by atoms with Crippen molar-refractivity contribution in [2.75, 3.05) is 11.5 Å². The molecule has 2 aromatic rings. The van der Waals surface area contributed by atoms with Gasteiger partial charge in [-0.2, -0.15) is 13.2 Å². The Morgan fingerprint density at radius 1 is 0.900 bits per heavy atom. The maximum atomic E-state index is 13.1. The molecule has 1 saturated carbocycles. The molecular formula is C21H21F3N2O4. The lowest BCUT2D eigenvalue weighted by Gasteiger charge is -2.25. The number of alkyl halides is 3. The van der Waals surface area contributed by atoms with Crippen LogP contribution in [-0.2, 0) is 16.0 Å². The number of hydrogen-bond donors (Lipinski definition) is 2. The van der Waals surface area contributed by atoms with Gasteiger partial charge in [-0.15, -0.1) is 0 Å². The highest BCUT2D eigenvalue weighted by Gasteiger charge is 2.36. The van der Waals surface area contributed by atoms with E-state index in [9.17, 15) is 22.8 Å². The Kier molecular flexibility index (Phi) is 6.19. The van der Waals surface area contributed by atoms with E-state index in [4.69, 9.17) is 11.5 Å². The third-order valence-electron chi connectivity index (χ3n) is 5.11. The molecule has 6 nitrogen and oxygen atoms in total. The maximum Gasteiger partial charge on any atom is 0.417 e. The fourth-order valence-electron chi connectivity index (χ4n) is 3.79. The van der Waals surface area contributed by atoms with Crippen LogP contribution in [-0.4, -0.2) is 11.9 Å². The molecule has 0 bridgehead atoms. The van der Waals surface area contributed by atoms with Crippen LogP contribution in [0.4, 0.5) is 24.5 Å². The van der Waals surface area contributed by atoms with Gasteiger partial charge < -0.3 is 11.5 Å². The molecule has 0 amide bonds. The summed E-state index contributed by atoms with van der Waals surface area (Å²) in [5.41, 5.74) is 11.0. The van der Waals surface area contributed by atoms with Gasteiger partial charge in [0.25, 0.3) is 0 Å². The Hall–Kier alpha value is -3.23. The van der Waals surface area contributed by atoms with Crippen LogP contribution in [0.5, 0.6) is 0 Å². The highest BCUT2D eigenvalue weighted by molar-refractivity contribution is 5.96. The van der Waals surface area contributed by atoms with Gasteiger partial charge in [-0.3, -0.25) is 0 Å². The lowest BCUT2D eigenvalue weighted by molar-refractivity contribution is -0.188. The smallest absolute Gasteiger partial charge is 0.399 e. The maximum absolute atomic E-state index is 13.1. The molecule has 4 N–H and O–H groups in total. The quantitative estimate of drug-likeness (QED) is 0.416. The number of nitrogen functional groups attached to an aromatic ring is 2. The van der Waals surface area contributed by atoms with E-state index in [2.05, 4.69) is 9.78 Å². The summed E-state index contributed by atoms with van der Waals surface area (Å²) in [6.45, 7) is 0. The van der Waals surface area contributed by atoms with Crippen LogP contribution in [0.2, 0.25) is 0 Å². The van der Waals surface area contributed by atoms with Crippen molar-refractivity contribution in [2.45, 2.75) is 44.2 Å². The van der Waals surface area contributed by atoms with Crippen LogP contribution in [0.15, 0.2) is 36.4 Å². The normalized spacial score (nSPS) is 14.9. The average molecular weight is 422 g/mol. The van der Waals surface area contributed by atoms with Gasteiger partial charge in [0.05, 0.1) is 16.7 Å². The molecule has 1 aliphatic carbocycles. The van der Waals surface area contributed by atoms with Crippen molar-refractivity contribution < 1.29 is 32.5 Å². The topological polar surface area (TPSA) is 105 Å². The molecule has 0 heterocycles. The highest BCUT2D eigenvalue weighted by atomic mass is 19.4. The zero-order chi connectivity index (χ0) is 21.9. The summed E-state index contributed by atoms with van der Waals surface area (Å²) in [5, 5.41) is 0. The predicted molar refractivity (Wildman–Crippen MR) is 103 cm³/mol. The van der Waals surface area contributed by atoms with E-state index in [0.29, 0.717) is 11.3 Å². The van der Waals surface area contributed by atoms with Crippen molar-refractivity contribution in [3.8, 4) is 0 Å². The zero-order valence-electron chi connectivity index (χ0n) is 16.0. The highest BCUT2D eigenvalue weighted by Crippen LogP contribution is 2.39. The van der Waals surface area contributed by atoms with E-state index < -0.39 is 29.2 Å². The van der Waals surface area contributed by atoms with Crippen LogP contribution in [0.25, 0.3) is 0 Å². The molecule has 1 fully saturated rings. The molecule has 0 aromatic heterocycles. The van der Waals surface area contributed by atoms with Gasteiger partial charge in [0.2, 0.25) is 0 Å². The largest absolute Gasteiger partial charge is 0.417 e. The van der Waals surface area contributed by atoms with Crippen molar-refractivity contribution in [1.82, 2.24) is 0 Å². The molecule has 30 heavy (non-hydrogen) atoms. The van der Waals surface area contributed by atoms with E-state index in [1.165, 1.54) is 18.2 Å². The van der Waals surface area contributed by atoms with Crippen LogP contribution in [0.1, 0.15) is 69.9 Å². The number of hydrogen-bond acceptors (Lipinski definition) is 6. The Morgan fingerprint density at radius 2 is 1.50 bits per heavy atom. The predicted octanol–water partition coefficient (Wildman–Crippen LogP) is 4.85. The molecule has 0 spiro atoms. The van der Waals surface area contributed by atoms with Gasteiger partial charge in [-0.25, -0.2) is 19.4 Å². The van der Waals surface area contributed by atoms with E-state index in [1.807, 2.05) is 0 Å². The third kappa shape index (κ3) is 4.67. The van der Waals surface area contributed by atoms with Crippen LogP contribution < -0.4 is 11.5 Å². The summed E-state index contributed by atoms with van der Waals surface area (Å²) in [7, 11) is 0. The summed E-state index contributed by atoms with van der Waals surface area (Å²) < 4.78 is 39.2. The third-order valence-corrected chi connectivity index (χ3v) is 5.11. The molecule has 0 aliphatic heterocycles. The molecule has 0 radical (unpaired) electrons. The number of rotatable bonds is 3. The van der Waals surface area contributed by atoms with Crippen LogP contribution in [0.3, 0.4) is 0 Å². The van der Waals surface area contributed by atoms with Gasteiger partial charge in [0.15, 0.2) is 0 Å². The van der Waals surface area contributed by atoms with Crippen LogP contribution in [0, 0.1) is 0 Å². The van der Waals surface area contributed by atoms with Crippen molar-refractivity contribution in [1.29, 1.82) is 0 Å². The first-order chi connectivity index (χ1) is 14.2. The fourth-order valence-corrected chi connectivity index (χ4v) is 3.79. The molecule has 3 rings (SSSR count). The SMILES string of the molecule is Nc1cc(N)c(C2CCCCC2)c(C(=O)OOC(=O)c2ccccc2C(F)(F)F)c1. The van der Waals surface area contributed by atoms with Crippen molar-refractivity contribution in [2.24, 2.45) is 0 Å². The fraction of sp³-hybridized carbons (Fsp3) is 0.333. The molecule has 0 unspecified atom stereocenters. The number of carbonyl (C=O) groups excluding carboxylic acids is 2. The minimum atomic E-state index is -4.77. The number of benzene rings is 2. The number of anilines is 2. The summed E-state index contributed by atoms with van der Waals surface area (Å²) in [5.74, 6) is -2.47. The lowest BCUT2D eigenvalue weighted by Crippen LogP contribution is -2.19. The second kappa shape index (κ2) is 8.64. The van der Waals surface area contributed by atoms with E-state index >= 15 is 0 Å².